The largest absolute Gasteiger partial charge is 0.292 e. The molecule has 2 rings (SSSR count). The molecule has 0 saturated heterocycles. The van der Waals surface area contributed by atoms with Crippen LogP contribution in [0.25, 0.3) is 0 Å². The first-order valence-corrected chi connectivity index (χ1v) is 7.15. The van der Waals surface area contributed by atoms with Crippen LogP contribution in [0.3, 0.4) is 0 Å². The van der Waals surface area contributed by atoms with Gasteiger partial charge in [-0.15, -0.1) is 0 Å². The van der Waals surface area contributed by atoms with Crippen LogP contribution in [0.5, 0.6) is 0 Å². The van der Waals surface area contributed by atoms with E-state index in [4.69, 9.17) is 23.2 Å². The van der Waals surface area contributed by atoms with E-state index in [1.54, 1.807) is 13.0 Å². The van der Waals surface area contributed by atoms with E-state index >= 15 is 0 Å². The van der Waals surface area contributed by atoms with E-state index in [1.807, 2.05) is 0 Å². The molecule has 20 heavy (non-hydrogen) atoms. The Balaban J connectivity index is 2.33. The maximum absolute atomic E-state index is 12.2. The van der Waals surface area contributed by atoms with Gasteiger partial charge in [-0.05, 0) is 41.1 Å². The molecule has 1 aromatic heterocycles. The van der Waals surface area contributed by atoms with Crippen LogP contribution >= 0.6 is 39.1 Å². The summed E-state index contributed by atoms with van der Waals surface area (Å²) >= 11 is 14.9. The number of carbonyl (C=O) groups excluding carboxylic acids is 1. The number of aryl methyl sites for hydroxylation is 1. The molecule has 0 aliphatic rings. The molecular weight excluding hydrogens is 367 g/mol. The van der Waals surface area contributed by atoms with Gasteiger partial charge in [-0.1, -0.05) is 23.2 Å². The van der Waals surface area contributed by atoms with Crippen molar-refractivity contribution in [1.82, 2.24) is 9.55 Å². The van der Waals surface area contributed by atoms with Crippen molar-refractivity contribution in [2.75, 3.05) is 0 Å². The first kappa shape index (κ1) is 15.2. The van der Waals surface area contributed by atoms with Gasteiger partial charge in [-0.3, -0.25) is 14.2 Å². The number of nitrogens with zero attached hydrogens (tertiary/aromatic N) is 2. The van der Waals surface area contributed by atoms with Crippen molar-refractivity contribution in [3.05, 3.63) is 60.7 Å². The second-order valence-corrected chi connectivity index (χ2v) is 5.76. The van der Waals surface area contributed by atoms with Crippen molar-refractivity contribution < 1.29 is 4.79 Å². The smallest absolute Gasteiger partial charge is 0.268 e. The van der Waals surface area contributed by atoms with Crippen LogP contribution in [0.4, 0.5) is 0 Å². The van der Waals surface area contributed by atoms with Gasteiger partial charge in [0.05, 0.1) is 23.6 Å². The first-order valence-electron chi connectivity index (χ1n) is 5.60. The number of benzene rings is 1. The molecule has 0 spiro atoms. The van der Waals surface area contributed by atoms with Gasteiger partial charge >= 0.3 is 0 Å². The standard InChI is InChI=1S/C13H9BrCl2N2O2/c1-7-12(14)13(20)18(6-17-7)5-11(19)9-3-2-8(15)4-10(9)16/h2-4,6H,5H2,1H3. The lowest BCUT2D eigenvalue weighted by Gasteiger charge is -2.07. The quantitative estimate of drug-likeness (QED) is 0.771. The van der Waals surface area contributed by atoms with Crippen molar-refractivity contribution in [3.8, 4) is 0 Å². The van der Waals surface area contributed by atoms with Crippen molar-refractivity contribution in [2.24, 2.45) is 0 Å². The van der Waals surface area contributed by atoms with Crippen LogP contribution in [-0.2, 0) is 6.54 Å². The van der Waals surface area contributed by atoms with Gasteiger partial charge in [0.1, 0.15) is 4.47 Å². The summed E-state index contributed by atoms with van der Waals surface area (Å²) in [5, 5.41) is 0.707. The molecule has 0 radical (unpaired) electrons. The normalized spacial score (nSPS) is 10.6. The number of Topliss-reactive ketones (excluding diaryl/α,β-unsaturated/α-hetero) is 1. The van der Waals surface area contributed by atoms with Gasteiger partial charge < -0.3 is 0 Å². The third kappa shape index (κ3) is 3.11. The number of hydrogen-bond acceptors (Lipinski definition) is 3. The van der Waals surface area contributed by atoms with Crippen molar-refractivity contribution in [3.63, 3.8) is 0 Å². The van der Waals surface area contributed by atoms with Crippen LogP contribution in [0.15, 0.2) is 33.8 Å². The highest BCUT2D eigenvalue weighted by Gasteiger charge is 2.14. The molecule has 0 bridgehead atoms. The Hall–Kier alpha value is -1.17. The minimum absolute atomic E-state index is 0.133. The summed E-state index contributed by atoms with van der Waals surface area (Å²) in [7, 11) is 0. The first-order chi connectivity index (χ1) is 9.40. The summed E-state index contributed by atoms with van der Waals surface area (Å²) in [6.07, 6.45) is 1.34. The van der Waals surface area contributed by atoms with Gasteiger partial charge in [0.15, 0.2) is 5.78 Å². The Morgan fingerprint density at radius 3 is 2.75 bits per heavy atom. The Bertz CT molecular complexity index is 744. The summed E-state index contributed by atoms with van der Waals surface area (Å²) in [6.45, 7) is 1.57. The van der Waals surface area contributed by atoms with E-state index in [0.717, 1.165) is 0 Å². The van der Waals surface area contributed by atoms with Gasteiger partial charge in [0.25, 0.3) is 5.56 Å². The highest BCUT2D eigenvalue weighted by Crippen LogP contribution is 2.21. The van der Waals surface area contributed by atoms with Crippen molar-refractivity contribution in [1.29, 1.82) is 0 Å². The number of ketones is 1. The molecule has 1 heterocycles. The predicted molar refractivity (Wildman–Crippen MR) is 81.7 cm³/mol. The molecular formula is C13H9BrCl2N2O2. The van der Waals surface area contributed by atoms with Crippen molar-refractivity contribution >= 4 is 44.9 Å². The average Bonchev–Trinajstić information content (AvgIpc) is 2.39. The zero-order chi connectivity index (χ0) is 14.9. The number of rotatable bonds is 3. The SMILES string of the molecule is Cc1ncn(CC(=O)c2ccc(Cl)cc2Cl)c(=O)c1Br. The van der Waals surface area contributed by atoms with Gasteiger partial charge in [0, 0.05) is 10.6 Å². The van der Waals surface area contributed by atoms with E-state index in [1.165, 1.54) is 23.0 Å². The molecule has 0 unspecified atom stereocenters. The molecule has 7 heteroatoms. The van der Waals surface area contributed by atoms with Crippen LogP contribution in [0.1, 0.15) is 16.1 Å². The summed E-state index contributed by atoms with van der Waals surface area (Å²) in [6, 6.07) is 4.60. The van der Waals surface area contributed by atoms with Gasteiger partial charge in [-0.2, -0.15) is 0 Å². The van der Waals surface area contributed by atoms with E-state index in [-0.39, 0.29) is 22.9 Å². The fourth-order valence-electron chi connectivity index (χ4n) is 1.61. The maximum atomic E-state index is 12.2. The molecule has 0 aliphatic heterocycles. The average molecular weight is 376 g/mol. The Morgan fingerprint density at radius 2 is 2.10 bits per heavy atom. The molecule has 0 aliphatic carbocycles. The Morgan fingerprint density at radius 1 is 1.40 bits per heavy atom. The lowest BCUT2D eigenvalue weighted by molar-refractivity contribution is 0.0970. The number of carbonyl (C=O) groups is 1. The van der Waals surface area contributed by atoms with E-state index in [2.05, 4.69) is 20.9 Å². The molecule has 0 atom stereocenters. The molecule has 104 valence electrons. The second kappa shape index (κ2) is 6.08. The molecule has 1 aromatic carbocycles. The lowest BCUT2D eigenvalue weighted by atomic mass is 10.1. The highest BCUT2D eigenvalue weighted by molar-refractivity contribution is 9.10. The van der Waals surface area contributed by atoms with Crippen LogP contribution in [-0.4, -0.2) is 15.3 Å². The highest BCUT2D eigenvalue weighted by atomic mass is 79.9. The van der Waals surface area contributed by atoms with Crippen LogP contribution in [0.2, 0.25) is 10.0 Å². The fraction of sp³-hybridized carbons (Fsp3) is 0.154. The molecule has 0 fully saturated rings. The molecule has 0 N–H and O–H groups in total. The predicted octanol–water partition coefficient (Wildman–Crippen LogP) is 3.50. The van der Waals surface area contributed by atoms with Crippen LogP contribution < -0.4 is 5.56 Å². The fourth-order valence-corrected chi connectivity index (χ4v) is 2.46. The van der Waals surface area contributed by atoms with Crippen molar-refractivity contribution in [2.45, 2.75) is 13.5 Å². The minimum atomic E-state index is -0.309. The third-order valence-corrected chi connectivity index (χ3v) is 4.16. The monoisotopic (exact) mass is 374 g/mol. The van der Waals surface area contributed by atoms with E-state index in [9.17, 15) is 9.59 Å². The molecule has 4 nitrogen and oxygen atoms in total. The van der Waals surface area contributed by atoms with E-state index < -0.39 is 0 Å². The van der Waals surface area contributed by atoms with Gasteiger partial charge in [0.2, 0.25) is 0 Å². The Labute approximate surface area is 133 Å². The summed E-state index contributed by atoms with van der Waals surface area (Å²) in [5.41, 5.74) is 0.582. The third-order valence-electron chi connectivity index (χ3n) is 2.70. The Kier molecular flexibility index (Phi) is 4.62. The molecule has 0 saturated carbocycles. The molecule has 0 amide bonds. The number of aromatic nitrogens is 2. The second-order valence-electron chi connectivity index (χ2n) is 4.12. The lowest BCUT2D eigenvalue weighted by Crippen LogP contribution is -2.26. The summed E-state index contributed by atoms with van der Waals surface area (Å²) in [4.78, 5) is 28.2. The zero-order valence-electron chi connectivity index (χ0n) is 10.4. The number of hydrogen-bond donors (Lipinski definition) is 0. The number of halogens is 3. The molecule has 2 aromatic rings. The van der Waals surface area contributed by atoms with Gasteiger partial charge in [-0.25, -0.2) is 4.98 Å². The zero-order valence-corrected chi connectivity index (χ0v) is 13.5. The topological polar surface area (TPSA) is 52.0 Å². The summed E-state index contributed by atoms with van der Waals surface area (Å²) < 4.78 is 1.57. The van der Waals surface area contributed by atoms with E-state index in [0.29, 0.717) is 20.8 Å². The van der Waals surface area contributed by atoms with Crippen LogP contribution in [0, 0.1) is 6.92 Å². The summed E-state index contributed by atoms with van der Waals surface area (Å²) in [5.74, 6) is -0.286. The minimum Gasteiger partial charge on any atom is -0.292 e. The maximum Gasteiger partial charge on any atom is 0.268 e.